The molecule has 0 unspecified atom stereocenters. The van der Waals surface area contributed by atoms with Crippen LogP contribution < -0.4 is 4.57 Å². The number of benzene rings is 2. The van der Waals surface area contributed by atoms with E-state index >= 15 is 0 Å². The number of nitrogens with zero attached hydrogens (tertiary/aromatic N) is 3. The second-order valence-electron chi connectivity index (χ2n) is 6.01. The molecule has 0 amide bonds. The van der Waals surface area contributed by atoms with Crippen LogP contribution in [0.5, 0.6) is 0 Å². The number of rotatable bonds is 2. The maximum absolute atomic E-state index is 6.36. The normalized spacial score (nSPS) is 13.8. The second-order valence-corrected chi connectivity index (χ2v) is 64.5. The minimum atomic E-state index is -5.42. The molecule has 0 atom stereocenters. The fraction of sp³-hybridized carbons (Fsp3) is 0.125. The molecule has 30 heavy (non-hydrogen) atoms. The molecule has 0 fully saturated rings. The third-order valence-corrected chi connectivity index (χ3v) is 4.82. The van der Waals surface area contributed by atoms with Gasteiger partial charge in [-0.1, -0.05) is 57.7 Å². The Bertz CT molecular complexity index is 1120. The molecule has 3 rings (SSSR count). The molecule has 3 aromatic rings. The standard InChI is InChI=1S/C16H13Cl3N3S.6ClH.Sb/c1-10-20(2)22(15-13(18)8-11(17)9-14(15)19)16(23)21(10)12-6-4-3-5-7-12;;;;;;;/h3-9H,1-2H3;6*1H;/q+1;;;;;;;+5/p-6. The molecule has 0 saturated heterocycles. The van der Waals surface area contributed by atoms with E-state index in [0.29, 0.717) is 25.5 Å². The summed E-state index contributed by atoms with van der Waals surface area (Å²) in [5.41, 5.74) is 1.59. The molecule has 1 heterocycles. The van der Waals surface area contributed by atoms with Gasteiger partial charge in [0.25, 0.3) is 0 Å². The summed E-state index contributed by atoms with van der Waals surface area (Å²) in [6.07, 6.45) is 0. The third-order valence-electron chi connectivity index (χ3n) is 3.67. The Morgan fingerprint density at radius 1 is 0.867 bits per heavy atom. The van der Waals surface area contributed by atoms with Gasteiger partial charge >= 0.3 is 66.9 Å². The van der Waals surface area contributed by atoms with Crippen LogP contribution >= 0.6 is 100.0 Å². The molecule has 0 saturated carbocycles. The van der Waals surface area contributed by atoms with Gasteiger partial charge in [0, 0.05) is 11.9 Å². The first-order valence-corrected chi connectivity index (χ1v) is 28.8. The van der Waals surface area contributed by atoms with E-state index < -0.39 is 9.14 Å². The summed E-state index contributed by atoms with van der Waals surface area (Å²) in [6, 6.07) is 13.2. The summed E-state index contributed by atoms with van der Waals surface area (Å²) in [6.45, 7) is 1.98. The Morgan fingerprint density at radius 3 is 1.73 bits per heavy atom. The van der Waals surface area contributed by atoms with Crippen molar-refractivity contribution in [1.29, 1.82) is 0 Å². The van der Waals surface area contributed by atoms with Crippen LogP contribution in [-0.2, 0) is 7.05 Å². The van der Waals surface area contributed by atoms with Crippen LogP contribution in [0.25, 0.3) is 11.4 Å². The number of para-hydroxylation sites is 1. The Kier molecular flexibility index (Phi) is 8.35. The molecule has 3 nitrogen and oxygen atoms in total. The molecule has 0 aliphatic rings. The van der Waals surface area contributed by atoms with Crippen molar-refractivity contribution in [2.75, 3.05) is 0 Å². The van der Waals surface area contributed by atoms with Crippen LogP contribution in [-0.4, -0.2) is 18.5 Å². The van der Waals surface area contributed by atoms with Crippen molar-refractivity contribution in [2.24, 2.45) is 7.05 Å². The predicted octanol–water partition coefficient (Wildman–Crippen LogP) is 8.85. The molecule has 0 radical (unpaired) electrons. The third kappa shape index (κ3) is 8.22. The van der Waals surface area contributed by atoms with Gasteiger partial charge in [-0.25, -0.2) is 0 Å². The molecule has 14 heteroatoms. The van der Waals surface area contributed by atoms with Crippen molar-refractivity contribution in [3.63, 3.8) is 0 Å². The Morgan fingerprint density at radius 2 is 1.30 bits per heavy atom. The van der Waals surface area contributed by atoms with Crippen LogP contribution in [0.2, 0.25) is 15.1 Å². The summed E-state index contributed by atoms with van der Waals surface area (Å²) in [4.78, 5) is 0. The zero-order chi connectivity index (χ0) is 23.1. The fourth-order valence-electron chi connectivity index (χ4n) is 2.51. The van der Waals surface area contributed by atoms with Crippen LogP contribution in [0.1, 0.15) is 5.82 Å². The SMILES string of the molecule is Cc1n(C)n(-c2c(Cl)cc(Cl)cc2Cl)c(=S)[n+]1-c1ccccc1.[Cl][Sb-]([Cl])([Cl])([Cl])([Cl])[Cl]. The number of halogens is 9. The van der Waals surface area contributed by atoms with Gasteiger partial charge in [0.05, 0.1) is 17.1 Å². The van der Waals surface area contributed by atoms with Crippen molar-refractivity contribution >= 4 is 109 Å². The molecule has 166 valence electrons. The Balaban J connectivity index is 0.000000396. The van der Waals surface area contributed by atoms with Crippen molar-refractivity contribution in [1.82, 2.24) is 9.36 Å². The van der Waals surface area contributed by atoms with Crippen LogP contribution in [0.3, 0.4) is 0 Å². The first-order chi connectivity index (χ1) is 13.4. The van der Waals surface area contributed by atoms with Crippen LogP contribution in [0.4, 0.5) is 0 Å². The molecule has 1 aromatic heterocycles. The van der Waals surface area contributed by atoms with Crippen molar-refractivity contribution in [2.45, 2.75) is 6.92 Å². The van der Waals surface area contributed by atoms with Crippen molar-refractivity contribution in [3.05, 3.63) is 68.1 Å². The van der Waals surface area contributed by atoms with Crippen LogP contribution in [0, 0.1) is 11.7 Å². The molecular weight excluding hydrogens is 707 g/mol. The topological polar surface area (TPSA) is 13.7 Å². The Hall–Kier alpha value is 1.23. The predicted molar refractivity (Wildman–Crippen MR) is 138 cm³/mol. The fourth-order valence-corrected chi connectivity index (χ4v) is 3.94. The minimum absolute atomic E-state index is 0.444. The first-order valence-electron chi connectivity index (χ1n) is 7.84. The monoisotopic (exact) mass is 715 g/mol. The zero-order valence-electron chi connectivity index (χ0n) is 15.1. The van der Waals surface area contributed by atoms with E-state index in [0.717, 1.165) is 11.5 Å². The number of aromatic nitrogens is 3. The summed E-state index contributed by atoms with van der Waals surface area (Å²) >= 11 is 24.4. The molecule has 0 N–H and O–H groups in total. The zero-order valence-corrected chi connectivity index (χ0v) is 25.3. The van der Waals surface area contributed by atoms with E-state index in [-0.39, 0.29) is 0 Å². The summed E-state index contributed by atoms with van der Waals surface area (Å²) in [5.74, 6) is 0.947. The van der Waals surface area contributed by atoms with Gasteiger partial charge in [0.2, 0.25) is 5.82 Å². The van der Waals surface area contributed by atoms with E-state index in [2.05, 4.69) is 0 Å². The number of hydrogen-bond acceptors (Lipinski definition) is 1. The van der Waals surface area contributed by atoms with Gasteiger partial charge in [0.15, 0.2) is 5.69 Å². The van der Waals surface area contributed by atoms with E-state index in [4.69, 9.17) is 100.0 Å². The molecule has 0 bridgehead atoms. The maximum atomic E-state index is 6.36. The number of hydrogen-bond donors (Lipinski definition) is 0. The summed E-state index contributed by atoms with van der Waals surface area (Å²) in [7, 11) is 26.9. The molecule has 0 aliphatic carbocycles. The molecule has 0 spiro atoms. The molecule has 2 aromatic carbocycles. The Labute approximate surface area is 214 Å². The average Bonchev–Trinajstić information content (AvgIpc) is 2.76. The van der Waals surface area contributed by atoms with E-state index in [1.54, 1.807) is 16.8 Å². The van der Waals surface area contributed by atoms with Crippen LogP contribution in [0.15, 0.2) is 42.5 Å². The van der Waals surface area contributed by atoms with E-state index in [1.807, 2.05) is 53.6 Å². The van der Waals surface area contributed by atoms with Crippen molar-refractivity contribution in [3.8, 4) is 11.4 Å². The van der Waals surface area contributed by atoms with Gasteiger partial charge in [0.1, 0.15) is 5.69 Å². The summed E-state index contributed by atoms with van der Waals surface area (Å²) < 4.78 is 6.26. The summed E-state index contributed by atoms with van der Waals surface area (Å²) in [5, 5.41) is 1.37. The van der Waals surface area contributed by atoms with E-state index in [1.165, 1.54) is 0 Å². The quantitative estimate of drug-likeness (QED) is 0.147. The molecule has 0 aliphatic heterocycles. The average molecular weight is 720 g/mol. The van der Waals surface area contributed by atoms with E-state index in [9.17, 15) is 0 Å². The van der Waals surface area contributed by atoms with Gasteiger partial charge in [-0.3, -0.25) is 0 Å². The first kappa shape index (κ1) is 27.5. The van der Waals surface area contributed by atoms with Crippen molar-refractivity contribution < 1.29 is 4.57 Å². The van der Waals surface area contributed by atoms with Gasteiger partial charge in [-0.15, -0.1) is 4.68 Å². The van der Waals surface area contributed by atoms with Gasteiger partial charge in [-0.05, 0) is 36.5 Å². The molecular formula is C16H13Cl9N3SSb. The second kappa shape index (κ2) is 9.11. The van der Waals surface area contributed by atoms with Gasteiger partial charge in [-0.2, -0.15) is 4.57 Å². The van der Waals surface area contributed by atoms with Gasteiger partial charge < -0.3 is 0 Å².